The molecule has 9 heteroatoms. The number of amides is 1. The van der Waals surface area contributed by atoms with E-state index in [2.05, 4.69) is 20.4 Å². The second-order valence-corrected chi connectivity index (χ2v) is 5.83. The van der Waals surface area contributed by atoms with Crippen LogP contribution >= 0.6 is 0 Å². The van der Waals surface area contributed by atoms with Crippen molar-refractivity contribution in [1.82, 2.24) is 25.3 Å². The summed E-state index contributed by atoms with van der Waals surface area (Å²) in [5, 5.41) is 16.1. The molecule has 1 aliphatic rings. The Bertz CT molecular complexity index is 733. The molecule has 0 aromatic carbocycles. The molecule has 3 rings (SSSR count). The van der Waals surface area contributed by atoms with Crippen molar-refractivity contribution in [3.05, 3.63) is 30.4 Å². The molecule has 0 saturated carbocycles. The van der Waals surface area contributed by atoms with Crippen LogP contribution in [-0.4, -0.2) is 63.2 Å². The summed E-state index contributed by atoms with van der Waals surface area (Å²) in [6.45, 7) is 1.67. The van der Waals surface area contributed by atoms with Crippen LogP contribution in [-0.2, 0) is 16.0 Å². The molecule has 2 aromatic heterocycles. The van der Waals surface area contributed by atoms with Crippen molar-refractivity contribution in [3.63, 3.8) is 0 Å². The van der Waals surface area contributed by atoms with E-state index in [-0.39, 0.29) is 18.9 Å². The number of aryl methyl sites for hydroxylation is 1. The molecule has 0 bridgehead atoms. The molecule has 1 fully saturated rings. The maximum Gasteiger partial charge on any atom is 0.309 e. The molecular formula is C16H19N5O4. The zero-order chi connectivity index (χ0) is 17.6. The molecule has 1 amide bonds. The first-order chi connectivity index (χ1) is 12.1. The van der Waals surface area contributed by atoms with E-state index < -0.39 is 11.9 Å². The summed E-state index contributed by atoms with van der Waals surface area (Å²) < 4.78 is 5.18. The van der Waals surface area contributed by atoms with Gasteiger partial charge in [-0.15, -0.1) is 0 Å². The Morgan fingerprint density at radius 1 is 1.36 bits per heavy atom. The molecule has 3 heterocycles. The standard InChI is InChI=1S/C16H19N5O4/c22-14(21-8-7-18-9-12(10-21)16(23)24)2-1-13-19-15(20-25-13)11-3-5-17-6-4-11/h3-6,12,18H,1-2,7-10H2,(H,23,24). The van der Waals surface area contributed by atoms with E-state index in [0.29, 0.717) is 37.8 Å². The van der Waals surface area contributed by atoms with Crippen LogP contribution in [0.15, 0.2) is 29.0 Å². The van der Waals surface area contributed by atoms with Crippen molar-refractivity contribution in [1.29, 1.82) is 0 Å². The highest BCUT2D eigenvalue weighted by Crippen LogP contribution is 2.15. The van der Waals surface area contributed by atoms with Gasteiger partial charge in [0.25, 0.3) is 0 Å². The van der Waals surface area contributed by atoms with Gasteiger partial charge in [0.05, 0.1) is 5.92 Å². The lowest BCUT2D eigenvalue weighted by molar-refractivity contribution is -0.143. The lowest BCUT2D eigenvalue weighted by atomic mass is 10.1. The summed E-state index contributed by atoms with van der Waals surface area (Å²) in [5.74, 6) is -0.768. The minimum atomic E-state index is -0.897. The zero-order valence-electron chi connectivity index (χ0n) is 13.6. The predicted octanol–water partition coefficient (Wildman–Crippen LogP) is 0.197. The number of nitrogens with zero attached hydrogens (tertiary/aromatic N) is 4. The molecule has 9 nitrogen and oxygen atoms in total. The SMILES string of the molecule is O=C(O)C1CNCCN(C(=O)CCc2nc(-c3ccncc3)no2)C1. The van der Waals surface area contributed by atoms with E-state index in [1.807, 2.05) is 0 Å². The zero-order valence-corrected chi connectivity index (χ0v) is 13.6. The van der Waals surface area contributed by atoms with Crippen molar-refractivity contribution >= 4 is 11.9 Å². The Morgan fingerprint density at radius 3 is 2.92 bits per heavy atom. The van der Waals surface area contributed by atoms with E-state index in [0.717, 1.165) is 5.56 Å². The van der Waals surface area contributed by atoms with Gasteiger partial charge in [0.1, 0.15) is 0 Å². The van der Waals surface area contributed by atoms with Gasteiger partial charge in [-0.3, -0.25) is 14.6 Å². The molecule has 25 heavy (non-hydrogen) atoms. The second kappa shape index (κ2) is 7.84. The molecule has 2 aromatic rings. The van der Waals surface area contributed by atoms with Gasteiger partial charge in [-0.25, -0.2) is 0 Å². The smallest absolute Gasteiger partial charge is 0.309 e. The molecule has 1 saturated heterocycles. The van der Waals surface area contributed by atoms with Crippen LogP contribution in [0.25, 0.3) is 11.4 Å². The summed E-state index contributed by atoms with van der Waals surface area (Å²) in [7, 11) is 0. The van der Waals surface area contributed by atoms with E-state index in [4.69, 9.17) is 9.63 Å². The molecule has 0 spiro atoms. The molecular weight excluding hydrogens is 326 g/mol. The number of pyridine rings is 1. The van der Waals surface area contributed by atoms with Gasteiger partial charge in [0.15, 0.2) is 0 Å². The van der Waals surface area contributed by atoms with Crippen LogP contribution < -0.4 is 5.32 Å². The first-order valence-corrected chi connectivity index (χ1v) is 8.08. The highest BCUT2D eigenvalue weighted by molar-refractivity contribution is 5.78. The van der Waals surface area contributed by atoms with Gasteiger partial charge < -0.3 is 19.8 Å². The van der Waals surface area contributed by atoms with Crippen molar-refractivity contribution in [3.8, 4) is 11.4 Å². The third-order valence-corrected chi connectivity index (χ3v) is 4.05. The number of rotatable bonds is 5. The topological polar surface area (TPSA) is 121 Å². The van der Waals surface area contributed by atoms with E-state index in [9.17, 15) is 9.59 Å². The van der Waals surface area contributed by atoms with Gasteiger partial charge in [-0.2, -0.15) is 4.98 Å². The third-order valence-electron chi connectivity index (χ3n) is 4.05. The molecule has 0 radical (unpaired) electrons. The van der Waals surface area contributed by atoms with Crippen LogP contribution in [0, 0.1) is 5.92 Å². The minimum Gasteiger partial charge on any atom is -0.481 e. The monoisotopic (exact) mass is 345 g/mol. The average Bonchev–Trinajstić information content (AvgIpc) is 2.95. The van der Waals surface area contributed by atoms with Crippen molar-refractivity contribution in [2.75, 3.05) is 26.2 Å². The lowest BCUT2D eigenvalue weighted by Crippen LogP contribution is -2.38. The highest BCUT2D eigenvalue weighted by atomic mass is 16.5. The van der Waals surface area contributed by atoms with E-state index in [1.165, 1.54) is 0 Å². The molecule has 1 atom stereocenters. The van der Waals surface area contributed by atoms with E-state index in [1.54, 1.807) is 29.4 Å². The number of hydrogen-bond donors (Lipinski definition) is 2. The summed E-state index contributed by atoms with van der Waals surface area (Å²) in [4.78, 5) is 33.3. The second-order valence-electron chi connectivity index (χ2n) is 5.83. The normalized spacial score (nSPS) is 17.9. The van der Waals surface area contributed by atoms with Gasteiger partial charge in [-0.05, 0) is 12.1 Å². The number of carboxylic acids is 1. The quantitative estimate of drug-likeness (QED) is 0.788. The largest absolute Gasteiger partial charge is 0.481 e. The van der Waals surface area contributed by atoms with Crippen molar-refractivity contribution < 1.29 is 19.2 Å². The summed E-state index contributed by atoms with van der Waals surface area (Å²) in [6.07, 6.45) is 3.80. The molecule has 132 valence electrons. The molecule has 2 N–H and O–H groups in total. The van der Waals surface area contributed by atoms with Gasteiger partial charge >= 0.3 is 5.97 Å². The fourth-order valence-corrected chi connectivity index (χ4v) is 2.65. The Balaban J connectivity index is 1.57. The van der Waals surface area contributed by atoms with Crippen LogP contribution in [0.3, 0.4) is 0 Å². The number of aliphatic carboxylic acids is 1. The Kier molecular flexibility index (Phi) is 5.34. The first-order valence-electron chi connectivity index (χ1n) is 8.08. The van der Waals surface area contributed by atoms with Gasteiger partial charge in [-0.1, -0.05) is 5.16 Å². The maximum atomic E-state index is 12.4. The fourth-order valence-electron chi connectivity index (χ4n) is 2.65. The molecule has 1 aliphatic heterocycles. The van der Waals surface area contributed by atoms with Crippen molar-refractivity contribution in [2.45, 2.75) is 12.8 Å². The lowest BCUT2D eigenvalue weighted by Gasteiger charge is -2.22. The Hall–Kier alpha value is -2.81. The van der Waals surface area contributed by atoms with Crippen LogP contribution in [0.2, 0.25) is 0 Å². The van der Waals surface area contributed by atoms with E-state index >= 15 is 0 Å². The Labute approximate surface area is 144 Å². The average molecular weight is 345 g/mol. The van der Waals surface area contributed by atoms with Gasteiger partial charge in [0, 0.05) is 57.0 Å². The number of carboxylic acid groups (broad SMARTS) is 1. The number of nitrogens with one attached hydrogen (secondary N) is 1. The number of hydrogen-bond acceptors (Lipinski definition) is 7. The maximum absolute atomic E-state index is 12.4. The van der Waals surface area contributed by atoms with Gasteiger partial charge in [0.2, 0.25) is 17.6 Å². The summed E-state index contributed by atoms with van der Waals surface area (Å²) >= 11 is 0. The number of carbonyl (C=O) groups excluding carboxylic acids is 1. The highest BCUT2D eigenvalue weighted by Gasteiger charge is 2.26. The molecule has 1 unspecified atom stereocenters. The molecule has 0 aliphatic carbocycles. The minimum absolute atomic E-state index is 0.112. The number of carbonyl (C=O) groups is 2. The summed E-state index contributed by atoms with van der Waals surface area (Å²) in [5.41, 5.74) is 0.791. The Morgan fingerprint density at radius 2 is 2.16 bits per heavy atom. The van der Waals surface area contributed by atoms with Crippen LogP contribution in [0.1, 0.15) is 12.3 Å². The van der Waals surface area contributed by atoms with Crippen LogP contribution in [0.5, 0.6) is 0 Å². The van der Waals surface area contributed by atoms with Crippen LogP contribution in [0.4, 0.5) is 0 Å². The summed E-state index contributed by atoms with van der Waals surface area (Å²) in [6, 6.07) is 3.55. The predicted molar refractivity (Wildman–Crippen MR) is 86.4 cm³/mol. The third kappa shape index (κ3) is 4.38. The fraction of sp³-hybridized carbons (Fsp3) is 0.438. The van der Waals surface area contributed by atoms with Crippen molar-refractivity contribution in [2.24, 2.45) is 5.92 Å². The first kappa shape index (κ1) is 17.0. The number of aromatic nitrogens is 3.